The van der Waals surface area contributed by atoms with Gasteiger partial charge in [0.2, 0.25) is 0 Å². The molecule has 1 N–H and O–H groups in total. The number of benzene rings is 2. The summed E-state index contributed by atoms with van der Waals surface area (Å²) >= 11 is 0. The van der Waals surface area contributed by atoms with Crippen molar-refractivity contribution < 1.29 is 29.0 Å². The number of nitrogens with zero attached hydrogens (tertiary/aromatic N) is 1. The third-order valence-electron chi connectivity index (χ3n) is 5.33. The second-order valence-electron chi connectivity index (χ2n) is 8.62. The van der Waals surface area contributed by atoms with Gasteiger partial charge in [0.1, 0.15) is 5.75 Å². The quantitative estimate of drug-likeness (QED) is 0.689. The van der Waals surface area contributed by atoms with Crippen LogP contribution in [-0.4, -0.2) is 37.0 Å². The molecule has 2 aromatic rings. The van der Waals surface area contributed by atoms with Gasteiger partial charge in [-0.3, -0.25) is 19.3 Å². The summed E-state index contributed by atoms with van der Waals surface area (Å²) in [5.41, 5.74) is 1.08. The van der Waals surface area contributed by atoms with E-state index in [1.54, 1.807) is 69.3 Å². The Hall–Kier alpha value is -3.61. The Morgan fingerprint density at radius 2 is 1.72 bits per heavy atom. The summed E-state index contributed by atoms with van der Waals surface area (Å²) in [7, 11) is 2.85. The minimum absolute atomic E-state index is 0.0504. The highest BCUT2D eigenvalue weighted by atomic mass is 16.5. The summed E-state index contributed by atoms with van der Waals surface area (Å²) in [5, 5.41) is 10.8. The van der Waals surface area contributed by atoms with Crippen molar-refractivity contribution in [3.05, 3.63) is 71.0 Å². The Bertz CT molecular complexity index is 1080. The van der Waals surface area contributed by atoms with Crippen molar-refractivity contribution in [2.24, 2.45) is 5.41 Å². The molecule has 168 valence electrons. The third-order valence-corrected chi connectivity index (χ3v) is 5.33. The first-order valence-electron chi connectivity index (χ1n) is 10.2. The number of ketones is 1. The van der Waals surface area contributed by atoms with Crippen molar-refractivity contribution >= 4 is 23.3 Å². The fourth-order valence-electron chi connectivity index (χ4n) is 3.65. The molecule has 1 heterocycles. The summed E-state index contributed by atoms with van der Waals surface area (Å²) in [5.74, 6) is -1.34. The third kappa shape index (κ3) is 4.37. The van der Waals surface area contributed by atoms with E-state index in [9.17, 15) is 19.5 Å². The average molecular weight is 437 g/mol. The van der Waals surface area contributed by atoms with Crippen molar-refractivity contribution in [1.29, 1.82) is 0 Å². The number of hydrogen-bond donors (Lipinski definition) is 1. The predicted molar refractivity (Wildman–Crippen MR) is 119 cm³/mol. The highest BCUT2D eigenvalue weighted by Crippen LogP contribution is 2.43. The summed E-state index contributed by atoms with van der Waals surface area (Å²) in [4.78, 5) is 39.4. The van der Waals surface area contributed by atoms with Crippen LogP contribution in [0.1, 0.15) is 37.9 Å². The maximum absolute atomic E-state index is 13.3. The first-order chi connectivity index (χ1) is 15.1. The van der Waals surface area contributed by atoms with Crippen LogP contribution in [0.15, 0.2) is 59.9 Å². The van der Waals surface area contributed by atoms with Gasteiger partial charge in [-0.1, -0.05) is 45.0 Å². The zero-order chi connectivity index (χ0) is 23.6. The van der Waals surface area contributed by atoms with E-state index in [4.69, 9.17) is 9.47 Å². The number of anilines is 1. The molecule has 0 saturated heterocycles. The fourth-order valence-corrected chi connectivity index (χ4v) is 3.65. The van der Waals surface area contributed by atoms with Crippen LogP contribution in [0.25, 0.3) is 0 Å². The zero-order valence-corrected chi connectivity index (χ0v) is 18.8. The molecule has 32 heavy (non-hydrogen) atoms. The molecule has 0 saturated carbocycles. The van der Waals surface area contributed by atoms with Gasteiger partial charge in [0.25, 0.3) is 5.91 Å². The van der Waals surface area contributed by atoms with Crippen LogP contribution in [-0.2, 0) is 25.5 Å². The molecule has 3 rings (SSSR count). The number of aliphatic hydroxyl groups excluding tert-OH is 1. The molecule has 1 amide bonds. The van der Waals surface area contributed by atoms with Gasteiger partial charge in [-0.25, -0.2) is 0 Å². The van der Waals surface area contributed by atoms with Crippen molar-refractivity contribution in [2.45, 2.75) is 33.2 Å². The highest BCUT2D eigenvalue weighted by molar-refractivity contribution is 6.17. The Kier molecular flexibility index (Phi) is 6.39. The minimum Gasteiger partial charge on any atom is -0.503 e. The maximum atomic E-state index is 13.3. The lowest BCUT2D eigenvalue weighted by molar-refractivity contribution is -0.139. The average Bonchev–Trinajstić information content (AvgIpc) is 3.03. The predicted octanol–water partition coefficient (Wildman–Crippen LogP) is 3.93. The lowest BCUT2D eigenvalue weighted by atomic mass is 9.82. The highest BCUT2D eigenvalue weighted by Gasteiger charge is 2.46. The molecule has 7 heteroatoms. The number of methoxy groups -OCH3 is 2. The molecule has 1 aliphatic rings. The van der Waals surface area contributed by atoms with E-state index in [1.165, 1.54) is 19.1 Å². The molecule has 0 fully saturated rings. The zero-order valence-electron chi connectivity index (χ0n) is 18.8. The topological polar surface area (TPSA) is 93.1 Å². The van der Waals surface area contributed by atoms with Gasteiger partial charge in [-0.2, -0.15) is 0 Å². The Balaban J connectivity index is 2.11. The summed E-state index contributed by atoms with van der Waals surface area (Å²) in [6.45, 7) is 5.23. The van der Waals surface area contributed by atoms with Crippen LogP contribution in [0.3, 0.4) is 0 Å². The Morgan fingerprint density at radius 3 is 2.28 bits per heavy atom. The second kappa shape index (κ2) is 8.86. The van der Waals surface area contributed by atoms with E-state index >= 15 is 0 Å². The van der Waals surface area contributed by atoms with Gasteiger partial charge >= 0.3 is 5.97 Å². The molecular formula is C25H27NO6. The Labute approximate surface area is 187 Å². The first kappa shape index (κ1) is 23.1. The van der Waals surface area contributed by atoms with Crippen molar-refractivity contribution in [3.63, 3.8) is 0 Å². The van der Waals surface area contributed by atoms with Crippen LogP contribution in [0.2, 0.25) is 0 Å². The molecule has 0 spiro atoms. The normalized spacial score (nSPS) is 16.3. The van der Waals surface area contributed by atoms with E-state index in [-0.39, 0.29) is 23.7 Å². The SMILES string of the molecule is COC(=O)Cc1ccc(N2C(=O)C(O)=C(C(=O)C(C)(C)C)C2c2cccc(OC)c2)cc1. The number of Topliss-reactive ketones (excluding diaryl/α,β-unsaturated/α-hetero) is 1. The number of aliphatic hydroxyl groups is 1. The summed E-state index contributed by atoms with van der Waals surface area (Å²) in [6.07, 6.45) is 0.0985. The molecule has 1 unspecified atom stereocenters. The van der Waals surface area contributed by atoms with E-state index < -0.39 is 23.1 Å². The molecule has 0 aliphatic carbocycles. The molecule has 0 radical (unpaired) electrons. The molecule has 1 atom stereocenters. The van der Waals surface area contributed by atoms with Gasteiger partial charge in [-0.15, -0.1) is 0 Å². The van der Waals surface area contributed by atoms with Gasteiger partial charge in [0, 0.05) is 11.1 Å². The number of rotatable bonds is 6. The second-order valence-corrected chi connectivity index (χ2v) is 8.62. The smallest absolute Gasteiger partial charge is 0.309 e. The van der Waals surface area contributed by atoms with Crippen molar-refractivity contribution in [1.82, 2.24) is 0 Å². The fraction of sp³-hybridized carbons (Fsp3) is 0.320. The van der Waals surface area contributed by atoms with E-state index in [1.807, 2.05) is 0 Å². The number of carbonyl (C=O) groups excluding carboxylic acids is 3. The lowest BCUT2D eigenvalue weighted by Crippen LogP contribution is -2.32. The lowest BCUT2D eigenvalue weighted by Gasteiger charge is -2.29. The van der Waals surface area contributed by atoms with Crippen LogP contribution >= 0.6 is 0 Å². The van der Waals surface area contributed by atoms with Crippen LogP contribution in [0, 0.1) is 5.41 Å². The number of esters is 1. The van der Waals surface area contributed by atoms with Crippen molar-refractivity contribution in [3.8, 4) is 5.75 Å². The van der Waals surface area contributed by atoms with E-state index in [2.05, 4.69) is 0 Å². The molecule has 2 aromatic carbocycles. The first-order valence-corrected chi connectivity index (χ1v) is 10.2. The van der Waals surface area contributed by atoms with Gasteiger partial charge in [0.05, 0.1) is 32.3 Å². The monoisotopic (exact) mass is 437 g/mol. The molecule has 0 bridgehead atoms. The molecule has 7 nitrogen and oxygen atoms in total. The summed E-state index contributed by atoms with van der Waals surface area (Å²) < 4.78 is 10.0. The van der Waals surface area contributed by atoms with E-state index in [0.29, 0.717) is 22.6 Å². The Morgan fingerprint density at radius 1 is 1.06 bits per heavy atom. The molecule has 0 aromatic heterocycles. The van der Waals surface area contributed by atoms with Gasteiger partial charge in [0.15, 0.2) is 11.5 Å². The maximum Gasteiger partial charge on any atom is 0.309 e. The largest absolute Gasteiger partial charge is 0.503 e. The van der Waals surface area contributed by atoms with Gasteiger partial charge in [-0.05, 0) is 35.4 Å². The standard InChI is InChI=1S/C25H27NO6/c1-25(2,3)23(29)20-21(16-7-6-8-18(14-16)31-4)26(24(30)22(20)28)17-11-9-15(10-12-17)13-19(27)32-5/h6-12,14,21,28H,13H2,1-5H3. The van der Waals surface area contributed by atoms with Crippen molar-refractivity contribution in [2.75, 3.05) is 19.1 Å². The number of carbonyl (C=O) groups is 3. The van der Waals surface area contributed by atoms with Crippen LogP contribution in [0.4, 0.5) is 5.69 Å². The van der Waals surface area contributed by atoms with Crippen LogP contribution in [0.5, 0.6) is 5.75 Å². The molecule has 1 aliphatic heterocycles. The van der Waals surface area contributed by atoms with Crippen LogP contribution < -0.4 is 9.64 Å². The number of ether oxygens (including phenoxy) is 2. The number of hydrogen-bond acceptors (Lipinski definition) is 6. The minimum atomic E-state index is -0.823. The summed E-state index contributed by atoms with van der Waals surface area (Å²) in [6, 6.07) is 13.0. The van der Waals surface area contributed by atoms with Gasteiger partial charge < -0.3 is 14.6 Å². The number of amides is 1. The molecular weight excluding hydrogens is 410 g/mol. The van der Waals surface area contributed by atoms with E-state index in [0.717, 1.165) is 0 Å².